The average Bonchev–Trinajstić information content (AvgIpc) is 2.68. The number of aromatic amines is 1. The number of hydrogen-bond acceptors (Lipinski definition) is 2. The Balaban J connectivity index is 2.76. The second kappa shape index (κ2) is 3.74. The quantitative estimate of drug-likeness (QED) is 0.870. The van der Waals surface area contributed by atoms with Crippen LogP contribution in [0.25, 0.3) is 10.9 Å². The number of methoxy groups -OCH3 is 1. The van der Waals surface area contributed by atoms with Crippen molar-refractivity contribution in [1.82, 2.24) is 4.98 Å². The summed E-state index contributed by atoms with van der Waals surface area (Å²) < 4.78 is 31.7. The summed E-state index contributed by atoms with van der Waals surface area (Å²) in [6.45, 7) is 0.810. The van der Waals surface area contributed by atoms with Crippen molar-refractivity contribution in [3.05, 3.63) is 29.5 Å². The van der Waals surface area contributed by atoms with Gasteiger partial charge in [0.05, 0.1) is 18.2 Å². The molecule has 0 aliphatic rings. The predicted octanol–water partition coefficient (Wildman–Crippen LogP) is 3.16. The van der Waals surface area contributed by atoms with Crippen LogP contribution in [0.1, 0.15) is 18.1 Å². The summed E-state index contributed by atoms with van der Waals surface area (Å²) in [6.07, 6.45) is 1.49. The molecule has 0 aliphatic heterocycles. The molecule has 2 aromatic rings. The number of fused-ring (bicyclic) bond motifs is 1. The molecule has 1 N–H and O–H groups in total. The molecule has 0 saturated heterocycles. The van der Waals surface area contributed by atoms with Crippen LogP contribution in [0.15, 0.2) is 18.3 Å². The Morgan fingerprint density at radius 1 is 1.41 bits per heavy atom. The minimum Gasteiger partial charge on any atom is -0.496 e. The molecule has 0 bridgehead atoms. The maximum atomic E-state index is 13.4. The molecule has 1 heterocycles. The van der Waals surface area contributed by atoms with E-state index in [9.17, 15) is 8.78 Å². The standard InChI is InChI=1S/C12H10F2N2O/c1-12(13,14)9-4-10-8(3-11(9)17-2)7(5-15)6-16-10/h3-4,6,16H,1-2H3. The Labute approximate surface area is 96.6 Å². The maximum absolute atomic E-state index is 13.4. The van der Waals surface area contributed by atoms with Gasteiger partial charge in [-0.15, -0.1) is 0 Å². The van der Waals surface area contributed by atoms with Gasteiger partial charge in [0, 0.05) is 24.0 Å². The van der Waals surface area contributed by atoms with Crippen molar-refractivity contribution in [2.24, 2.45) is 0 Å². The number of nitriles is 1. The summed E-state index contributed by atoms with van der Waals surface area (Å²) in [6, 6.07) is 4.76. The van der Waals surface area contributed by atoms with E-state index in [2.05, 4.69) is 4.98 Å². The van der Waals surface area contributed by atoms with Crippen molar-refractivity contribution in [1.29, 1.82) is 5.26 Å². The highest BCUT2D eigenvalue weighted by atomic mass is 19.3. The van der Waals surface area contributed by atoms with Gasteiger partial charge in [0.2, 0.25) is 0 Å². The molecule has 88 valence electrons. The molecular weight excluding hydrogens is 226 g/mol. The van der Waals surface area contributed by atoms with Crippen molar-refractivity contribution in [3.63, 3.8) is 0 Å². The van der Waals surface area contributed by atoms with Crippen LogP contribution in [0.5, 0.6) is 5.75 Å². The Hall–Kier alpha value is -2.09. The number of rotatable bonds is 2. The molecule has 0 radical (unpaired) electrons. The normalized spacial score (nSPS) is 11.5. The molecule has 0 aliphatic carbocycles. The number of aromatic nitrogens is 1. The van der Waals surface area contributed by atoms with Crippen molar-refractivity contribution in [2.45, 2.75) is 12.8 Å². The van der Waals surface area contributed by atoms with Crippen molar-refractivity contribution in [2.75, 3.05) is 7.11 Å². The number of alkyl halides is 2. The van der Waals surface area contributed by atoms with Crippen LogP contribution in [0.4, 0.5) is 8.78 Å². The topological polar surface area (TPSA) is 48.8 Å². The summed E-state index contributed by atoms with van der Waals surface area (Å²) in [5.74, 6) is -2.90. The second-order valence-electron chi connectivity index (χ2n) is 3.80. The smallest absolute Gasteiger partial charge is 0.274 e. The lowest BCUT2D eigenvalue weighted by Crippen LogP contribution is -2.09. The van der Waals surface area contributed by atoms with E-state index < -0.39 is 5.92 Å². The number of nitrogens with one attached hydrogen (secondary N) is 1. The van der Waals surface area contributed by atoms with E-state index in [1.165, 1.54) is 25.4 Å². The van der Waals surface area contributed by atoms with Gasteiger partial charge in [0.25, 0.3) is 5.92 Å². The molecule has 0 unspecified atom stereocenters. The highest BCUT2D eigenvalue weighted by molar-refractivity contribution is 5.88. The molecule has 0 spiro atoms. The van der Waals surface area contributed by atoms with E-state index in [-0.39, 0.29) is 11.3 Å². The molecule has 5 heteroatoms. The number of benzene rings is 1. The van der Waals surface area contributed by atoms with Crippen molar-refractivity contribution in [3.8, 4) is 11.8 Å². The second-order valence-corrected chi connectivity index (χ2v) is 3.80. The minimum atomic E-state index is -2.99. The Morgan fingerprint density at radius 3 is 2.65 bits per heavy atom. The van der Waals surface area contributed by atoms with Crippen LogP contribution in [0.2, 0.25) is 0 Å². The van der Waals surface area contributed by atoms with Gasteiger partial charge in [-0.25, -0.2) is 8.78 Å². The lowest BCUT2D eigenvalue weighted by atomic mass is 10.0. The molecule has 1 aromatic carbocycles. The first-order chi connectivity index (χ1) is 7.97. The molecule has 17 heavy (non-hydrogen) atoms. The molecule has 3 nitrogen and oxygen atoms in total. The number of nitrogens with zero attached hydrogens (tertiary/aromatic N) is 1. The zero-order valence-corrected chi connectivity index (χ0v) is 9.34. The number of halogens is 2. The number of hydrogen-bond donors (Lipinski definition) is 1. The van der Waals surface area contributed by atoms with Crippen LogP contribution < -0.4 is 4.74 Å². The van der Waals surface area contributed by atoms with Crippen LogP contribution in [0.3, 0.4) is 0 Å². The fourth-order valence-electron chi connectivity index (χ4n) is 1.75. The van der Waals surface area contributed by atoms with Gasteiger partial charge in [0.15, 0.2) is 0 Å². The molecule has 0 amide bonds. The summed E-state index contributed by atoms with van der Waals surface area (Å²) in [7, 11) is 1.33. The van der Waals surface area contributed by atoms with Gasteiger partial charge in [-0.3, -0.25) is 0 Å². The third kappa shape index (κ3) is 1.82. The van der Waals surface area contributed by atoms with Gasteiger partial charge in [-0.1, -0.05) is 0 Å². The van der Waals surface area contributed by atoms with Gasteiger partial charge < -0.3 is 9.72 Å². The monoisotopic (exact) mass is 236 g/mol. The Morgan fingerprint density at radius 2 is 2.12 bits per heavy atom. The highest BCUT2D eigenvalue weighted by Gasteiger charge is 2.29. The Kier molecular flexibility index (Phi) is 2.50. The highest BCUT2D eigenvalue weighted by Crippen LogP contribution is 2.37. The number of H-pyrrole nitrogens is 1. The zero-order valence-electron chi connectivity index (χ0n) is 9.34. The third-order valence-corrected chi connectivity index (χ3v) is 2.60. The molecule has 0 atom stereocenters. The first kappa shape index (κ1) is 11.4. The van der Waals surface area contributed by atoms with E-state index in [0.29, 0.717) is 16.5 Å². The van der Waals surface area contributed by atoms with Crippen LogP contribution >= 0.6 is 0 Å². The van der Waals surface area contributed by atoms with Crippen molar-refractivity contribution < 1.29 is 13.5 Å². The first-order valence-electron chi connectivity index (χ1n) is 4.95. The number of ether oxygens (including phenoxy) is 1. The van der Waals surface area contributed by atoms with Crippen LogP contribution in [0, 0.1) is 11.3 Å². The molecule has 2 rings (SSSR count). The minimum absolute atomic E-state index is 0.0844. The van der Waals surface area contributed by atoms with E-state index in [1.807, 2.05) is 6.07 Å². The fourth-order valence-corrected chi connectivity index (χ4v) is 1.75. The van der Waals surface area contributed by atoms with E-state index >= 15 is 0 Å². The lowest BCUT2D eigenvalue weighted by molar-refractivity contribution is 0.0152. The molecule has 0 fully saturated rings. The molecular formula is C12H10F2N2O. The van der Waals surface area contributed by atoms with Crippen molar-refractivity contribution >= 4 is 10.9 Å². The summed E-state index contributed by atoms with van der Waals surface area (Å²) in [4.78, 5) is 2.79. The van der Waals surface area contributed by atoms with Crippen LogP contribution in [-0.4, -0.2) is 12.1 Å². The Bertz CT molecular complexity index is 605. The van der Waals surface area contributed by atoms with E-state index in [0.717, 1.165) is 6.92 Å². The van der Waals surface area contributed by atoms with Gasteiger partial charge in [-0.05, 0) is 12.1 Å². The van der Waals surface area contributed by atoms with Gasteiger partial charge in [0.1, 0.15) is 11.8 Å². The predicted molar refractivity (Wildman–Crippen MR) is 59.1 cm³/mol. The summed E-state index contributed by atoms with van der Waals surface area (Å²) in [5.41, 5.74) is 0.710. The summed E-state index contributed by atoms with van der Waals surface area (Å²) in [5, 5.41) is 9.44. The first-order valence-corrected chi connectivity index (χ1v) is 4.95. The van der Waals surface area contributed by atoms with E-state index in [1.54, 1.807) is 0 Å². The van der Waals surface area contributed by atoms with Crippen LogP contribution in [-0.2, 0) is 5.92 Å². The molecule has 1 aromatic heterocycles. The lowest BCUT2D eigenvalue weighted by Gasteiger charge is -2.15. The van der Waals surface area contributed by atoms with Gasteiger partial charge >= 0.3 is 0 Å². The zero-order chi connectivity index (χ0) is 12.6. The van der Waals surface area contributed by atoms with Gasteiger partial charge in [-0.2, -0.15) is 5.26 Å². The van der Waals surface area contributed by atoms with E-state index in [4.69, 9.17) is 10.00 Å². The molecule has 0 saturated carbocycles. The average molecular weight is 236 g/mol. The maximum Gasteiger partial charge on any atom is 0.274 e. The fraction of sp³-hybridized carbons (Fsp3) is 0.250. The summed E-state index contributed by atoms with van der Waals surface area (Å²) >= 11 is 0. The largest absolute Gasteiger partial charge is 0.496 e. The third-order valence-electron chi connectivity index (χ3n) is 2.60. The SMILES string of the molecule is COc1cc2c(C#N)c[nH]c2cc1C(C)(F)F.